The Morgan fingerprint density at radius 2 is 2.16 bits per heavy atom. The van der Waals surface area contributed by atoms with Crippen molar-refractivity contribution in [2.75, 3.05) is 25.1 Å². The molecule has 4 rings (SSSR count). The molecule has 1 aliphatic heterocycles. The minimum absolute atomic E-state index is 0.117. The highest BCUT2D eigenvalue weighted by Gasteiger charge is 2.16. The Bertz CT molecular complexity index is 1060. The first-order chi connectivity index (χ1) is 15.6. The van der Waals surface area contributed by atoms with Gasteiger partial charge < -0.3 is 20.1 Å². The normalized spacial score (nSPS) is 15.5. The first kappa shape index (κ1) is 22.2. The van der Waals surface area contributed by atoms with E-state index >= 15 is 0 Å². The predicted molar refractivity (Wildman–Crippen MR) is 125 cm³/mol. The zero-order chi connectivity index (χ0) is 22.3. The number of hydrogen-bond acceptors (Lipinski definition) is 5. The summed E-state index contributed by atoms with van der Waals surface area (Å²) in [5.74, 6) is 1.05. The summed E-state index contributed by atoms with van der Waals surface area (Å²) in [7, 11) is 1.88. The third kappa shape index (κ3) is 5.81. The van der Waals surface area contributed by atoms with Crippen molar-refractivity contribution in [3.05, 3.63) is 59.8 Å². The summed E-state index contributed by atoms with van der Waals surface area (Å²) >= 11 is 5.95. The van der Waals surface area contributed by atoms with Gasteiger partial charge in [0.05, 0.1) is 12.3 Å². The smallest absolute Gasteiger partial charge is 0.262 e. The molecule has 0 spiro atoms. The van der Waals surface area contributed by atoms with Gasteiger partial charge in [-0.2, -0.15) is 5.10 Å². The molecule has 0 saturated carbocycles. The molecule has 0 radical (unpaired) electrons. The molecule has 7 nitrogen and oxygen atoms in total. The quantitative estimate of drug-likeness (QED) is 0.504. The number of carbonyl (C=O) groups excluding carboxylic acids is 1. The van der Waals surface area contributed by atoms with Gasteiger partial charge in [0, 0.05) is 35.6 Å². The molecule has 1 unspecified atom stereocenters. The standard InChI is InChI=1S/C24H27ClN4O3/c1-29-22(9-12-27-29)21-15-19(7-8-23(21)31-13-10-18-5-3-11-26-18)28-24(30)16-32-20-6-2-4-17(25)14-20/h2,4,6-9,12,14-15,18,26H,3,5,10-11,13,16H2,1H3,(H,28,30). The SMILES string of the molecule is Cn1nccc1-c1cc(NC(=O)COc2cccc(Cl)c2)ccc1OCCC1CCCN1. The van der Waals surface area contributed by atoms with Crippen LogP contribution in [0.1, 0.15) is 19.3 Å². The highest BCUT2D eigenvalue weighted by Crippen LogP contribution is 2.32. The molecule has 2 N–H and O–H groups in total. The number of aromatic nitrogens is 2. The van der Waals surface area contributed by atoms with Crippen LogP contribution >= 0.6 is 11.6 Å². The van der Waals surface area contributed by atoms with Gasteiger partial charge in [0.15, 0.2) is 6.61 Å². The summed E-state index contributed by atoms with van der Waals surface area (Å²) < 4.78 is 13.4. The van der Waals surface area contributed by atoms with Gasteiger partial charge in [-0.25, -0.2) is 0 Å². The lowest BCUT2D eigenvalue weighted by Crippen LogP contribution is -2.23. The maximum atomic E-state index is 12.4. The number of anilines is 1. The Morgan fingerprint density at radius 3 is 2.91 bits per heavy atom. The van der Waals surface area contributed by atoms with Crippen molar-refractivity contribution in [1.82, 2.24) is 15.1 Å². The second-order valence-corrected chi connectivity index (χ2v) is 8.21. The van der Waals surface area contributed by atoms with Crippen LogP contribution in [0, 0.1) is 0 Å². The number of nitrogens with one attached hydrogen (secondary N) is 2. The summed E-state index contributed by atoms with van der Waals surface area (Å²) in [6.07, 6.45) is 5.12. The number of ether oxygens (including phenoxy) is 2. The lowest BCUT2D eigenvalue weighted by Gasteiger charge is -2.16. The molecule has 1 saturated heterocycles. The molecule has 32 heavy (non-hydrogen) atoms. The van der Waals surface area contributed by atoms with Crippen molar-refractivity contribution in [2.45, 2.75) is 25.3 Å². The van der Waals surface area contributed by atoms with Crippen molar-refractivity contribution in [2.24, 2.45) is 7.05 Å². The van der Waals surface area contributed by atoms with E-state index in [0.717, 1.165) is 30.0 Å². The zero-order valence-electron chi connectivity index (χ0n) is 18.0. The Kier molecular flexibility index (Phi) is 7.29. The van der Waals surface area contributed by atoms with Crippen LogP contribution in [0.15, 0.2) is 54.7 Å². The summed E-state index contributed by atoms with van der Waals surface area (Å²) in [6.45, 7) is 1.59. The molecule has 3 aromatic rings. The van der Waals surface area contributed by atoms with Crippen LogP contribution in [0.4, 0.5) is 5.69 Å². The van der Waals surface area contributed by atoms with E-state index in [1.807, 2.05) is 31.3 Å². The summed E-state index contributed by atoms with van der Waals surface area (Å²) in [6, 6.07) is 15.0. The average molecular weight is 455 g/mol. The Hall–Kier alpha value is -3.03. The fourth-order valence-corrected chi connectivity index (χ4v) is 3.97. The van der Waals surface area contributed by atoms with Crippen LogP contribution in [-0.4, -0.2) is 41.5 Å². The Morgan fingerprint density at radius 1 is 1.25 bits per heavy atom. The zero-order valence-corrected chi connectivity index (χ0v) is 18.8. The van der Waals surface area contributed by atoms with Gasteiger partial charge in [-0.3, -0.25) is 9.48 Å². The second-order valence-electron chi connectivity index (χ2n) is 7.78. The molecule has 1 aromatic heterocycles. The fourth-order valence-electron chi connectivity index (χ4n) is 3.79. The van der Waals surface area contributed by atoms with Gasteiger partial charge in [0.1, 0.15) is 11.5 Å². The highest BCUT2D eigenvalue weighted by atomic mass is 35.5. The van der Waals surface area contributed by atoms with Crippen LogP contribution in [-0.2, 0) is 11.8 Å². The number of carbonyl (C=O) groups is 1. The topological polar surface area (TPSA) is 77.4 Å². The van der Waals surface area contributed by atoms with E-state index in [4.69, 9.17) is 21.1 Å². The Balaban J connectivity index is 1.43. The van der Waals surface area contributed by atoms with Crippen LogP contribution < -0.4 is 20.1 Å². The molecule has 1 aliphatic rings. The van der Waals surface area contributed by atoms with Gasteiger partial charge in [-0.05, 0) is 68.3 Å². The van der Waals surface area contributed by atoms with E-state index in [9.17, 15) is 4.79 Å². The van der Waals surface area contributed by atoms with Gasteiger partial charge in [-0.15, -0.1) is 0 Å². The molecule has 2 aromatic carbocycles. The van der Waals surface area contributed by atoms with Crippen LogP contribution in [0.2, 0.25) is 5.02 Å². The molecule has 8 heteroatoms. The Labute approximate surface area is 192 Å². The van der Waals surface area contributed by atoms with Crippen LogP contribution in [0.3, 0.4) is 0 Å². The lowest BCUT2D eigenvalue weighted by atomic mass is 10.1. The average Bonchev–Trinajstić information content (AvgIpc) is 3.45. The molecule has 1 amide bonds. The van der Waals surface area contributed by atoms with Gasteiger partial charge in [-0.1, -0.05) is 17.7 Å². The predicted octanol–water partition coefficient (Wildman–Crippen LogP) is 4.28. The summed E-state index contributed by atoms with van der Waals surface area (Å²) in [5, 5.41) is 11.2. The second kappa shape index (κ2) is 10.5. The number of nitrogens with zero attached hydrogens (tertiary/aromatic N) is 2. The maximum absolute atomic E-state index is 12.4. The lowest BCUT2D eigenvalue weighted by molar-refractivity contribution is -0.118. The summed E-state index contributed by atoms with van der Waals surface area (Å²) in [4.78, 5) is 12.4. The first-order valence-corrected chi connectivity index (χ1v) is 11.1. The minimum Gasteiger partial charge on any atom is -0.493 e. The van der Waals surface area contributed by atoms with E-state index in [0.29, 0.717) is 29.1 Å². The summed E-state index contributed by atoms with van der Waals surface area (Å²) in [5.41, 5.74) is 2.44. The van der Waals surface area contributed by atoms with E-state index in [-0.39, 0.29) is 12.5 Å². The monoisotopic (exact) mass is 454 g/mol. The molecule has 2 heterocycles. The number of halogens is 1. The van der Waals surface area contributed by atoms with Gasteiger partial charge >= 0.3 is 0 Å². The van der Waals surface area contributed by atoms with Crippen molar-refractivity contribution in [1.29, 1.82) is 0 Å². The van der Waals surface area contributed by atoms with Crippen molar-refractivity contribution in [3.8, 4) is 22.8 Å². The molecular weight excluding hydrogens is 428 g/mol. The molecule has 168 valence electrons. The highest BCUT2D eigenvalue weighted by molar-refractivity contribution is 6.30. The molecule has 1 fully saturated rings. The number of hydrogen-bond donors (Lipinski definition) is 2. The first-order valence-electron chi connectivity index (χ1n) is 10.8. The van der Waals surface area contributed by atoms with Crippen molar-refractivity contribution in [3.63, 3.8) is 0 Å². The van der Waals surface area contributed by atoms with Crippen molar-refractivity contribution >= 4 is 23.2 Å². The van der Waals surface area contributed by atoms with Gasteiger partial charge in [0.25, 0.3) is 5.91 Å². The van der Waals surface area contributed by atoms with E-state index in [1.165, 1.54) is 12.8 Å². The maximum Gasteiger partial charge on any atom is 0.262 e. The number of benzene rings is 2. The minimum atomic E-state index is -0.262. The molecule has 1 atom stereocenters. The molecule has 0 aliphatic carbocycles. The third-order valence-corrected chi connectivity index (χ3v) is 5.65. The van der Waals surface area contributed by atoms with Crippen LogP contribution in [0.25, 0.3) is 11.3 Å². The number of rotatable bonds is 9. The molecule has 0 bridgehead atoms. The number of aryl methyl sites for hydroxylation is 1. The number of amides is 1. The molecular formula is C24H27ClN4O3. The van der Waals surface area contributed by atoms with E-state index in [2.05, 4.69) is 15.7 Å². The third-order valence-electron chi connectivity index (χ3n) is 5.41. The fraction of sp³-hybridized carbons (Fsp3) is 0.333. The largest absolute Gasteiger partial charge is 0.493 e. The van der Waals surface area contributed by atoms with Gasteiger partial charge in [0.2, 0.25) is 0 Å². The van der Waals surface area contributed by atoms with E-state index < -0.39 is 0 Å². The van der Waals surface area contributed by atoms with Crippen molar-refractivity contribution < 1.29 is 14.3 Å². The van der Waals surface area contributed by atoms with E-state index in [1.54, 1.807) is 35.1 Å². The van der Waals surface area contributed by atoms with Crippen LogP contribution in [0.5, 0.6) is 11.5 Å².